The maximum atomic E-state index is 12.3. The van der Waals surface area contributed by atoms with E-state index in [1.807, 2.05) is 0 Å². The van der Waals surface area contributed by atoms with Gasteiger partial charge in [0.1, 0.15) is 12.4 Å². The maximum absolute atomic E-state index is 12.3. The second-order valence-corrected chi connectivity index (χ2v) is 6.49. The summed E-state index contributed by atoms with van der Waals surface area (Å²) in [5.74, 6) is 0.557. The van der Waals surface area contributed by atoms with Gasteiger partial charge in [0.15, 0.2) is 0 Å². The first-order valence-electron chi connectivity index (χ1n) is 6.86. The number of methoxy groups -OCH3 is 1. The Bertz CT molecular complexity index is 813. The van der Waals surface area contributed by atoms with Crippen molar-refractivity contribution in [3.8, 4) is 5.75 Å². The molecule has 0 fully saturated rings. The highest BCUT2D eigenvalue weighted by Gasteiger charge is 2.15. The molecule has 0 spiro atoms. The van der Waals surface area contributed by atoms with Gasteiger partial charge >= 0.3 is 0 Å². The average molecular weight is 338 g/mol. The lowest BCUT2D eigenvalue weighted by Crippen LogP contribution is -2.16. The normalized spacial score (nSPS) is 11.2. The Labute approximate surface area is 134 Å². The lowest BCUT2D eigenvalue weighted by Gasteiger charge is -2.11. The number of aromatic amines is 1. The van der Waals surface area contributed by atoms with Crippen LogP contribution in [0.15, 0.2) is 46.2 Å². The van der Waals surface area contributed by atoms with E-state index in [0.717, 1.165) is 0 Å². The lowest BCUT2D eigenvalue weighted by atomic mass is 10.3. The van der Waals surface area contributed by atoms with Gasteiger partial charge in [0.05, 0.1) is 17.2 Å². The molecule has 0 aliphatic rings. The van der Waals surface area contributed by atoms with E-state index in [2.05, 4.69) is 9.71 Å². The Morgan fingerprint density at radius 3 is 2.48 bits per heavy atom. The first-order chi connectivity index (χ1) is 10.9. The molecule has 0 aliphatic carbocycles. The van der Waals surface area contributed by atoms with Gasteiger partial charge in [-0.3, -0.25) is 9.52 Å². The smallest absolute Gasteiger partial charge is 0.261 e. The topological polar surface area (TPSA) is 97.5 Å². The zero-order chi connectivity index (χ0) is 16.9. The van der Waals surface area contributed by atoms with E-state index in [9.17, 15) is 13.2 Å². The van der Waals surface area contributed by atoms with Crippen LogP contribution in [0.25, 0.3) is 0 Å². The van der Waals surface area contributed by atoms with Crippen molar-refractivity contribution >= 4 is 15.7 Å². The number of nitrogens with one attached hydrogen (secondary N) is 2. The molecule has 8 heteroatoms. The quantitative estimate of drug-likeness (QED) is 0.746. The molecule has 23 heavy (non-hydrogen) atoms. The van der Waals surface area contributed by atoms with Gasteiger partial charge in [-0.05, 0) is 36.8 Å². The minimum Gasteiger partial charge on any atom is -0.491 e. The molecule has 1 heterocycles. The number of anilines is 1. The Hall–Kier alpha value is -2.32. The van der Waals surface area contributed by atoms with E-state index in [0.29, 0.717) is 30.2 Å². The van der Waals surface area contributed by atoms with Crippen LogP contribution in [0.4, 0.5) is 5.69 Å². The van der Waals surface area contributed by atoms with Gasteiger partial charge in [-0.2, -0.15) is 0 Å². The number of hydrogen-bond donors (Lipinski definition) is 2. The van der Waals surface area contributed by atoms with Gasteiger partial charge in [0, 0.05) is 19.4 Å². The molecule has 0 amide bonds. The molecule has 1 aromatic carbocycles. The zero-order valence-corrected chi connectivity index (χ0v) is 13.6. The monoisotopic (exact) mass is 338 g/mol. The molecule has 0 bridgehead atoms. The number of H-pyrrole nitrogens is 1. The van der Waals surface area contributed by atoms with Crippen molar-refractivity contribution in [2.24, 2.45) is 0 Å². The third-order valence-corrected chi connectivity index (χ3v) is 4.45. The van der Waals surface area contributed by atoms with Gasteiger partial charge in [0.2, 0.25) is 5.56 Å². The number of hydrogen-bond acceptors (Lipinski definition) is 5. The van der Waals surface area contributed by atoms with Gasteiger partial charge in [-0.1, -0.05) is 0 Å². The minimum atomic E-state index is -3.74. The molecule has 2 aromatic rings. The van der Waals surface area contributed by atoms with Crippen LogP contribution in [-0.2, 0) is 14.8 Å². The van der Waals surface area contributed by atoms with Crippen molar-refractivity contribution in [1.29, 1.82) is 0 Å². The summed E-state index contributed by atoms with van der Waals surface area (Å²) in [5, 5.41) is 0. The van der Waals surface area contributed by atoms with Crippen molar-refractivity contribution < 1.29 is 17.9 Å². The third-order valence-electron chi connectivity index (χ3n) is 3.07. The summed E-state index contributed by atoms with van der Waals surface area (Å²) in [6.07, 6.45) is 1.33. The van der Waals surface area contributed by atoms with Crippen LogP contribution >= 0.6 is 0 Å². The fraction of sp³-hybridized carbons (Fsp3) is 0.267. The minimum absolute atomic E-state index is 0.0993. The molecule has 2 N–H and O–H groups in total. The second-order valence-electron chi connectivity index (χ2n) is 4.81. The summed E-state index contributed by atoms with van der Waals surface area (Å²) in [4.78, 5) is 13.7. The van der Waals surface area contributed by atoms with Gasteiger partial charge in [-0.15, -0.1) is 0 Å². The number of aromatic nitrogens is 1. The van der Waals surface area contributed by atoms with Crippen LogP contribution < -0.4 is 15.0 Å². The van der Waals surface area contributed by atoms with Crippen molar-refractivity contribution in [3.63, 3.8) is 0 Å². The summed E-state index contributed by atoms with van der Waals surface area (Å²) in [7, 11) is -2.17. The molecule has 7 nitrogen and oxygen atoms in total. The summed E-state index contributed by atoms with van der Waals surface area (Å²) in [6.45, 7) is 2.49. The Morgan fingerprint density at radius 2 is 1.87 bits per heavy atom. The molecule has 0 atom stereocenters. The number of aryl methyl sites for hydroxylation is 1. The van der Waals surface area contributed by atoms with Gasteiger partial charge in [0.25, 0.3) is 10.0 Å². The summed E-state index contributed by atoms with van der Waals surface area (Å²) >= 11 is 0. The van der Waals surface area contributed by atoms with E-state index < -0.39 is 10.0 Å². The number of pyridine rings is 1. The summed E-state index contributed by atoms with van der Waals surface area (Å²) in [5.41, 5.74) is 0.574. The highest BCUT2D eigenvalue weighted by Crippen LogP contribution is 2.20. The number of benzene rings is 1. The van der Waals surface area contributed by atoms with Crippen LogP contribution in [0.3, 0.4) is 0 Å². The second kappa shape index (κ2) is 7.30. The van der Waals surface area contributed by atoms with Gasteiger partial charge in [-0.25, -0.2) is 8.42 Å². The molecule has 0 saturated carbocycles. The lowest BCUT2D eigenvalue weighted by molar-refractivity contribution is 0.146. The Kier molecular flexibility index (Phi) is 5.41. The van der Waals surface area contributed by atoms with Crippen LogP contribution in [-0.4, -0.2) is 33.7 Å². The maximum Gasteiger partial charge on any atom is 0.261 e. The highest BCUT2D eigenvalue weighted by atomic mass is 32.2. The van der Waals surface area contributed by atoms with Crippen molar-refractivity contribution in [2.75, 3.05) is 25.0 Å². The summed E-state index contributed by atoms with van der Waals surface area (Å²) in [6, 6.07) is 7.37. The molecule has 1 aromatic heterocycles. The van der Waals surface area contributed by atoms with E-state index in [4.69, 9.17) is 9.47 Å². The molecule has 0 saturated heterocycles. The van der Waals surface area contributed by atoms with Crippen molar-refractivity contribution in [2.45, 2.75) is 11.8 Å². The van der Waals surface area contributed by atoms with Crippen molar-refractivity contribution in [3.05, 3.63) is 52.4 Å². The van der Waals surface area contributed by atoms with Crippen molar-refractivity contribution in [1.82, 2.24) is 4.98 Å². The number of ether oxygens (including phenoxy) is 2. The fourth-order valence-corrected chi connectivity index (χ4v) is 2.97. The molecule has 0 aliphatic heterocycles. The van der Waals surface area contributed by atoms with E-state index >= 15 is 0 Å². The largest absolute Gasteiger partial charge is 0.491 e. The van der Waals surface area contributed by atoms with Crippen LogP contribution in [0.2, 0.25) is 0 Å². The predicted octanol–water partition coefficient (Wildman–Crippen LogP) is 1.51. The molecule has 2 rings (SSSR count). The Morgan fingerprint density at radius 1 is 1.17 bits per heavy atom. The van der Waals surface area contributed by atoms with Gasteiger partial charge < -0.3 is 14.5 Å². The zero-order valence-electron chi connectivity index (χ0n) is 12.8. The average Bonchev–Trinajstić information content (AvgIpc) is 2.51. The molecule has 0 radical (unpaired) electrons. The fourth-order valence-electron chi connectivity index (χ4n) is 1.84. The molecule has 0 unspecified atom stereocenters. The van der Waals surface area contributed by atoms with Crippen LogP contribution in [0.1, 0.15) is 5.56 Å². The molecular weight excluding hydrogens is 320 g/mol. The third kappa shape index (κ3) is 4.57. The first kappa shape index (κ1) is 17.0. The molecular formula is C15H18N2O5S. The van der Waals surface area contributed by atoms with E-state index in [-0.39, 0.29) is 10.5 Å². The number of rotatable bonds is 7. The standard InChI is InChI=1S/C15H18N2O5S/c1-11-9-15(18)16-10-14(11)17-23(19,20)13-5-3-12(4-6-13)22-8-7-21-2/h3-6,9-10,17H,7-8H2,1-2H3,(H,16,18). The Balaban J connectivity index is 2.14. The van der Waals surface area contributed by atoms with Crippen LogP contribution in [0.5, 0.6) is 5.75 Å². The first-order valence-corrected chi connectivity index (χ1v) is 8.34. The SMILES string of the molecule is COCCOc1ccc(S(=O)(=O)Nc2c[nH]c(=O)cc2C)cc1. The number of sulfonamides is 1. The highest BCUT2D eigenvalue weighted by molar-refractivity contribution is 7.92. The van der Waals surface area contributed by atoms with E-state index in [1.165, 1.54) is 24.4 Å². The molecule has 124 valence electrons. The van der Waals surface area contributed by atoms with Crippen LogP contribution in [0, 0.1) is 6.92 Å². The predicted molar refractivity (Wildman–Crippen MR) is 86.4 cm³/mol. The summed E-state index contributed by atoms with van der Waals surface area (Å²) < 4.78 is 37.4. The van der Waals surface area contributed by atoms with E-state index in [1.54, 1.807) is 26.2 Å².